The second-order valence-electron chi connectivity index (χ2n) is 3.77. The number of hydrogen-bond acceptors (Lipinski definition) is 4. The lowest BCUT2D eigenvalue weighted by molar-refractivity contribution is -0.121. The maximum atomic E-state index is 12.0. The monoisotopic (exact) mass is 317 g/mol. The minimum atomic E-state index is -0.584. The van der Waals surface area contributed by atoms with Crippen LogP contribution in [0.25, 0.3) is 0 Å². The van der Waals surface area contributed by atoms with Crippen molar-refractivity contribution in [3.63, 3.8) is 0 Å². The standard InChI is InChI=1S/C11H9Cl2N3O2S/c12-6-2-1-5(3-7(6)13)15-10(18)8-4-9(17)16-11(14)19-8/h1-3,8H,4H2,(H,15,18)(H2,14,16,17)/t8-/m1/s1. The smallest absolute Gasteiger partial charge is 0.249 e. The molecule has 19 heavy (non-hydrogen) atoms. The molecule has 1 heterocycles. The van der Waals surface area contributed by atoms with Crippen molar-refractivity contribution in [1.29, 1.82) is 0 Å². The number of halogens is 2. The lowest BCUT2D eigenvalue weighted by atomic mass is 10.2. The summed E-state index contributed by atoms with van der Waals surface area (Å²) in [4.78, 5) is 26.8. The summed E-state index contributed by atoms with van der Waals surface area (Å²) >= 11 is 12.7. The SMILES string of the molecule is NC1=NC(=O)C[C@H](C(=O)Nc2ccc(Cl)c(Cl)c2)S1. The third kappa shape index (κ3) is 3.62. The Bertz CT molecular complexity index is 577. The van der Waals surface area contributed by atoms with Crippen LogP contribution in [0.5, 0.6) is 0 Å². The highest BCUT2D eigenvalue weighted by Gasteiger charge is 2.28. The van der Waals surface area contributed by atoms with Gasteiger partial charge in [-0.1, -0.05) is 35.0 Å². The first kappa shape index (κ1) is 14.2. The van der Waals surface area contributed by atoms with Crippen LogP contribution in [0.15, 0.2) is 23.2 Å². The summed E-state index contributed by atoms with van der Waals surface area (Å²) in [7, 11) is 0. The van der Waals surface area contributed by atoms with Crippen molar-refractivity contribution in [2.75, 3.05) is 5.32 Å². The van der Waals surface area contributed by atoms with E-state index < -0.39 is 11.2 Å². The van der Waals surface area contributed by atoms with Crippen LogP contribution < -0.4 is 11.1 Å². The first-order chi connectivity index (χ1) is 8.95. The molecule has 100 valence electrons. The van der Waals surface area contributed by atoms with E-state index in [4.69, 9.17) is 28.9 Å². The van der Waals surface area contributed by atoms with E-state index in [2.05, 4.69) is 10.3 Å². The normalized spacial score (nSPS) is 18.9. The molecule has 0 aliphatic carbocycles. The fourth-order valence-electron chi connectivity index (χ4n) is 1.48. The number of hydrogen-bond donors (Lipinski definition) is 2. The van der Waals surface area contributed by atoms with Gasteiger partial charge in [0.15, 0.2) is 5.17 Å². The summed E-state index contributed by atoms with van der Waals surface area (Å²) in [5.74, 6) is -0.722. The second kappa shape index (κ2) is 5.81. The van der Waals surface area contributed by atoms with E-state index in [9.17, 15) is 9.59 Å². The van der Waals surface area contributed by atoms with E-state index in [1.165, 1.54) is 6.07 Å². The fourth-order valence-corrected chi connectivity index (χ4v) is 2.62. The topological polar surface area (TPSA) is 84.5 Å². The number of amidine groups is 1. The molecule has 1 aromatic rings. The number of aliphatic imine (C=N–C) groups is 1. The molecule has 0 saturated heterocycles. The quantitative estimate of drug-likeness (QED) is 0.876. The number of carbonyl (C=O) groups is 2. The van der Waals surface area contributed by atoms with Gasteiger partial charge in [-0.15, -0.1) is 0 Å². The summed E-state index contributed by atoms with van der Waals surface area (Å²) in [5.41, 5.74) is 5.97. The molecule has 1 aliphatic rings. The van der Waals surface area contributed by atoms with Crippen molar-refractivity contribution in [3.8, 4) is 0 Å². The van der Waals surface area contributed by atoms with Crippen LogP contribution in [0, 0.1) is 0 Å². The molecular weight excluding hydrogens is 309 g/mol. The van der Waals surface area contributed by atoms with Gasteiger partial charge in [0, 0.05) is 5.69 Å². The number of rotatable bonds is 2. The van der Waals surface area contributed by atoms with Gasteiger partial charge < -0.3 is 11.1 Å². The van der Waals surface area contributed by atoms with Crippen molar-refractivity contribution in [1.82, 2.24) is 0 Å². The Labute approximate surface area is 123 Å². The van der Waals surface area contributed by atoms with Crippen molar-refractivity contribution < 1.29 is 9.59 Å². The van der Waals surface area contributed by atoms with Crippen LogP contribution in [-0.4, -0.2) is 22.2 Å². The highest BCUT2D eigenvalue weighted by molar-refractivity contribution is 8.15. The molecule has 1 aromatic carbocycles. The third-order valence-corrected chi connectivity index (χ3v) is 4.07. The highest BCUT2D eigenvalue weighted by Crippen LogP contribution is 2.26. The van der Waals surface area contributed by atoms with Gasteiger partial charge in [0.05, 0.1) is 16.5 Å². The van der Waals surface area contributed by atoms with E-state index in [0.717, 1.165) is 11.8 Å². The fraction of sp³-hybridized carbons (Fsp3) is 0.182. The zero-order valence-electron chi connectivity index (χ0n) is 9.52. The van der Waals surface area contributed by atoms with E-state index in [0.29, 0.717) is 15.7 Å². The summed E-state index contributed by atoms with van der Waals surface area (Å²) in [6.07, 6.45) is 0.0263. The number of nitrogens with one attached hydrogen (secondary N) is 1. The Morgan fingerprint density at radius 1 is 1.42 bits per heavy atom. The number of anilines is 1. The molecule has 2 amide bonds. The van der Waals surface area contributed by atoms with Crippen molar-refractivity contribution in [2.45, 2.75) is 11.7 Å². The summed E-state index contributed by atoms with van der Waals surface area (Å²) in [6, 6.07) is 4.74. The minimum Gasteiger partial charge on any atom is -0.378 e. The average molecular weight is 318 g/mol. The predicted molar refractivity (Wildman–Crippen MR) is 77.7 cm³/mol. The maximum Gasteiger partial charge on any atom is 0.249 e. The Morgan fingerprint density at radius 3 is 2.79 bits per heavy atom. The molecule has 0 aromatic heterocycles. The van der Waals surface area contributed by atoms with E-state index in [-0.39, 0.29) is 17.5 Å². The summed E-state index contributed by atoms with van der Waals surface area (Å²) < 4.78 is 0. The van der Waals surface area contributed by atoms with Gasteiger partial charge in [0.1, 0.15) is 5.25 Å². The Balaban J connectivity index is 2.07. The van der Waals surface area contributed by atoms with Crippen LogP contribution in [-0.2, 0) is 9.59 Å². The van der Waals surface area contributed by atoms with Crippen LogP contribution in [0.3, 0.4) is 0 Å². The average Bonchev–Trinajstić information content (AvgIpc) is 2.32. The number of nitrogens with zero attached hydrogens (tertiary/aromatic N) is 1. The lowest BCUT2D eigenvalue weighted by Gasteiger charge is -2.17. The van der Waals surface area contributed by atoms with Crippen molar-refractivity contribution >= 4 is 57.6 Å². The van der Waals surface area contributed by atoms with Gasteiger partial charge in [-0.2, -0.15) is 4.99 Å². The molecule has 0 bridgehead atoms. The van der Waals surface area contributed by atoms with Gasteiger partial charge in [-0.05, 0) is 18.2 Å². The first-order valence-electron chi connectivity index (χ1n) is 5.25. The highest BCUT2D eigenvalue weighted by atomic mass is 35.5. The number of benzene rings is 1. The van der Waals surface area contributed by atoms with Gasteiger partial charge >= 0.3 is 0 Å². The maximum absolute atomic E-state index is 12.0. The molecule has 2 rings (SSSR count). The van der Waals surface area contributed by atoms with Crippen molar-refractivity contribution in [2.24, 2.45) is 10.7 Å². The molecule has 3 N–H and O–H groups in total. The van der Waals surface area contributed by atoms with Gasteiger partial charge in [0.2, 0.25) is 11.8 Å². The number of thioether (sulfide) groups is 1. The third-order valence-electron chi connectivity index (χ3n) is 2.34. The number of amides is 2. The van der Waals surface area contributed by atoms with Crippen LogP contribution in [0.4, 0.5) is 5.69 Å². The summed E-state index contributed by atoms with van der Waals surface area (Å²) in [5, 5.41) is 2.92. The number of nitrogens with two attached hydrogens (primary N) is 1. The molecule has 0 fully saturated rings. The van der Waals surface area contributed by atoms with E-state index >= 15 is 0 Å². The minimum absolute atomic E-state index is 0.0263. The molecule has 1 atom stereocenters. The molecule has 0 saturated carbocycles. The molecule has 8 heteroatoms. The van der Waals surface area contributed by atoms with Crippen LogP contribution >= 0.6 is 35.0 Å². The molecule has 0 spiro atoms. The van der Waals surface area contributed by atoms with Crippen LogP contribution in [0.1, 0.15) is 6.42 Å². The molecule has 5 nitrogen and oxygen atoms in total. The number of carbonyl (C=O) groups excluding carboxylic acids is 2. The van der Waals surface area contributed by atoms with Gasteiger partial charge in [-0.25, -0.2) is 0 Å². The molecule has 0 radical (unpaired) electrons. The Morgan fingerprint density at radius 2 is 2.16 bits per heavy atom. The van der Waals surface area contributed by atoms with E-state index in [1.54, 1.807) is 12.1 Å². The second-order valence-corrected chi connectivity index (χ2v) is 5.81. The molecular formula is C11H9Cl2N3O2S. The van der Waals surface area contributed by atoms with Crippen molar-refractivity contribution in [3.05, 3.63) is 28.2 Å². The largest absolute Gasteiger partial charge is 0.378 e. The predicted octanol–water partition coefficient (Wildman–Crippen LogP) is 2.28. The van der Waals surface area contributed by atoms with Gasteiger partial charge in [0.25, 0.3) is 0 Å². The molecule has 0 unspecified atom stereocenters. The van der Waals surface area contributed by atoms with E-state index in [1.807, 2.05) is 0 Å². The zero-order chi connectivity index (χ0) is 14.0. The van der Waals surface area contributed by atoms with Crippen LogP contribution in [0.2, 0.25) is 10.0 Å². The molecule has 1 aliphatic heterocycles. The van der Waals surface area contributed by atoms with Gasteiger partial charge in [-0.3, -0.25) is 9.59 Å². The lowest BCUT2D eigenvalue weighted by Crippen LogP contribution is -2.33. The Kier molecular flexibility index (Phi) is 4.34. The zero-order valence-corrected chi connectivity index (χ0v) is 11.9. The summed E-state index contributed by atoms with van der Waals surface area (Å²) in [6.45, 7) is 0. The Hall–Kier alpha value is -1.24. The first-order valence-corrected chi connectivity index (χ1v) is 6.89.